The molecule has 13 heteroatoms. The summed E-state index contributed by atoms with van der Waals surface area (Å²) in [6.45, 7) is 0.259. The standard InChI is InChI=1S/C10H9F11O2/c1-3-6(2,7(13,5(12)22)10(19,20)21)23-9(17,18)4(11)8(14,15)16/h4H,3H2,1-2H3. The molecule has 0 aliphatic carbocycles. The summed E-state index contributed by atoms with van der Waals surface area (Å²) in [6.07, 6.45) is -25.4. The minimum absolute atomic E-state index is 0.227. The van der Waals surface area contributed by atoms with Crippen molar-refractivity contribution in [3.8, 4) is 0 Å². The van der Waals surface area contributed by atoms with E-state index in [0.717, 1.165) is 0 Å². The fourth-order valence-corrected chi connectivity index (χ4v) is 1.55. The normalized spacial score (nSPS) is 20.6. The molecule has 0 radical (unpaired) electrons. The molecule has 0 amide bonds. The van der Waals surface area contributed by atoms with Crippen LogP contribution in [-0.2, 0) is 9.53 Å². The van der Waals surface area contributed by atoms with Gasteiger partial charge in [-0.1, -0.05) is 6.92 Å². The molecule has 0 fully saturated rings. The maximum Gasteiger partial charge on any atom is 0.435 e. The molecule has 0 aromatic carbocycles. The molecule has 0 aromatic heterocycles. The fourth-order valence-electron chi connectivity index (χ4n) is 1.55. The molecule has 0 heterocycles. The van der Waals surface area contributed by atoms with Crippen LogP contribution < -0.4 is 0 Å². The van der Waals surface area contributed by atoms with Crippen LogP contribution in [0.3, 0.4) is 0 Å². The van der Waals surface area contributed by atoms with E-state index in [1.807, 2.05) is 0 Å². The van der Waals surface area contributed by atoms with Gasteiger partial charge in [0.25, 0.3) is 6.17 Å². The van der Waals surface area contributed by atoms with Gasteiger partial charge in [0.2, 0.25) is 0 Å². The second-order valence-corrected chi connectivity index (χ2v) is 4.58. The molecule has 0 saturated heterocycles. The Balaban J connectivity index is 6.02. The molecule has 0 spiro atoms. The summed E-state index contributed by atoms with van der Waals surface area (Å²) >= 11 is 0. The van der Waals surface area contributed by atoms with Gasteiger partial charge in [0.15, 0.2) is 0 Å². The van der Waals surface area contributed by atoms with Gasteiger partial charge in [0, 0.05) is 0 Å². The van der Waals surface area contributed by atoms with Crippen molar-refractivity contribution in [1.82, 2.24) is 0 Å². The highest BCUT2D eigenvalue weighted by Crippen LogP contribution is 2.50. The first kappa shape index (κ1) is 21.9. The topological polar surface area (TPSA) is 26.3 Å². The van der Waals surface area contributed by atoms with E-state index in [2.05, 4.69) is 4.74 Å². The molecule has 3 unspecified atom stereocenters. The first-order valence-corrected chi connectivity index (χ1v) is 5.61. The minimum atomic E-state index is -6.45. The summed E-state index contributed by atoms with van der Waals surface area (Å²) in [5, 5.41) is 0. The van der Waals surface area contributed by atoms with Crippen LogP contribution in [0.1, 0.15) is 20.3 Å². The Hall–Kier alpha value is -1.14. The van der Waals surface area contributed by atoms with E-state index in [1.165, 1.54) is 0 Å². The van der Waals surface area contributed by atoms with Crippen molar-refractivity contribution in [1.29, 1.82) is 0 Å². The molecule has 0 bridgehead atoms. The zero-order chi connectivity index (χ0) is 19.1. The summed E-state index contributed by atoms with van der Waals surface area (Å²) in [5.74, 6) is 0. The smallest absolute Gasteiger partial charge is 0.307 e. The maximum absolute atomic E-state index is 13.8. The summed E-state index contributed by atoms with van der Waals surface area (Å²) in [4.78, 5) is 10.4. The van der Waals surface area contributed by atoms with Gasteiger partial charge in [-0.2, -0.15) is 39.5 Å². The predicted octanol–water partition coefficient (Wildman–Crippen LogP) is 4.43. The van der Waals surface area contributed by atoms with Crippen LogP contribution in [0.15, 0.2) is 0 Å². The number of carbonyl (C=O) groups excluding carboxylic acids is 1. The Bertz CT molecular complexity index is 443. The third-order valence-electron chi connectivity index (χ3n) is 3.01. The van der Waals surface area contributed by atoms with Gasteiger partial charge < -0.3 is 4.74 Å². The van der Waals surface area contributed by atoms with Crippen LogP contribution in [0.5, 0.6) is 0 Å². The number of carbonyl (C=O) groups is 1. The molecular weight excluding hydrogens is 361 g/mol. The Morgan fingerprint density at radius 3 is 1.61 bits per heavy atom. The van der Waals surface area contributed by atoms with Crippen molar-refractivity contribution in [2.24, 2.45) is 0 Å². The van der Waals surface area contributed by atoms with E-state index in [1.54, 1.807) is 0 Å². The zero-order valence-corrected chi connectivity index (χ0v) is 11.3. The SMILES string of the molecule is CCC(C)(OC(F)(F)C(F)C(F)(F)F)C(F)(C(=O)F)C(F)(F)F. The van der Waals surface area contributed by atoms with Crippen LogP contribution >= 0.6 is 0 Å². The summed E-state index contributed by atoms with van der Waals surface area (Å²) in [7, 11) is 0. The van der Waals surface area contributed by atoms with Gasteiger partial charge in [0.05, 0.1) is 0 Å². The molecule has 3 atom stereocenters. The summed E-state index contributed by atoms with van der Waals surface area (Å²) in [5.41, 5.74) is -9.90. The van der Waals surface area contributed by atoms with Gasteiger partial charge in [0.1, 0.15) is 5.60 Å². The van der Waals surface area contributed by atoms with E-state index < -0.39 is 48.4 Å². The van der Waals surface area contributed by atoms with E-state index in [0.29, 0.717) is 6.92 Å². The van der Waals surface area contributed by atoms with Gasteiger partial charge in [-0.3, -0.25) is 4.79 Å². The average Bonchev–Trinajstić information content (AvgIpc) is 2.33. The third-order valence-corrected chi connectivity index (χ3v) is 3.01. The molecule has 2 nitrogen and oxygen atoms in total. The van der Waals surface area contributed by atoms with Crippen LogP contribution in [0.4, 0.5) is 48.3 Å². The van der Waals surface area contributed by atoms with Crippen molar-refractivity contribution in [3.05, 3.63) is 0 Å². The highest BCUT2D eigenvalue weighted by Gasteiger charge is 2.75. The lowest BCUT2D eigenvalue weighted by Gasteiger charge is -2.42. The highest BCUT2D eigenvalue weighted by atomic mass is 19.4. The lowest BCUT2D eigenvalue weighted by molar-refractivity contribution is -0.393. The number of hydrogen-bond donors (Lipinski definition) is 0. The van der Waals surface area contributed by atoms with E-state index in [-0.39, 0.29) is 6.92 Å². The second-order valence-electron chi connectivity index (χ2n) is 4.58. The van der Waals surface area contributed by atoms with E-state index >= 15 is 0 Å². The average molecular weight is 370 g/mol. The van der Waals surface area contributed by atoms with E-state index in [9.17, 15) is 53.1 Å². The lowest BCUT2D eigenvalue weighted by atomic mass is 9.83. The van der Waals surface area contributed by atoms with Crippen LogP contribution in [0.2, 0.25) is 0 Å². The molecule has 0 rings (SSSR count). The molecule has 0 saturated carbocycles. The molecule has 0 aromatic rings. The monoisotopic (exact) mass is 370 g/mol. The van der Waals surface area contributed by atoms with Gasteiger partial charge in [-0.05, 0) is 13.3 Å². The molecule has 23 heavy (non-hydrogen) atoms. The quantitative estimate of drug-likeness (QED) is 0.511. The van der Waals surface area contributed by atoms with Crippen molar-refractivity contribution in [2.45, 2.75) is 56.2 Å². The molecule has 0 N–H and O–H groups in total. The summed E-state index contributed by atoms with van der Waals surface area (Å²) < 4.78 is 142. The van der Waals surface area contributed by atoms with Crippen LogP contribution in [0, 0.1) is 0 Å². The Kier molecular flexibility index (Phi) is 5.76. The Labute approximate surface area is 121 Å². The number of halogens is 11. The van der Waals surface area contributed by atoms with Crippen molar-refractivity contribution in [3.63, 3.8) is 0 Å². The molecule has 0 aliphatic heterocycles. The molecule has 0 aliphatic rings. The molecular formula is C10H9F11O2. The van der Waals surface area contributed by atoms with Crippen molar-refractivity contribution >= 4 is 6.04 Å². The minimum Gasteiger partial charge on any atom is -0.307 e. The highest BCUT2D eigenvalue weighted by molar-refractivity contribution is 5.81. The lowest BCUT2D eigenvalue weighted by Crippen LogP contribution is -2.66. The van der Waals surface area contributed by atoms with E-state index in [4.69, 9.17) is 0 Å². The third kappa shape index (κ3) is 3.86. The fraction of sp³-hybridized carbons (Fsp3) is 0.900. The number of alkyl halides is 10. The number of rotatable bonds is 6. The van der Waals surface area contributed by atoms with Gasteiger partial charge in [-0.15, -0.1) is 0 Å². The summed E-state index contributed by atoms with van der Waals surface area (Å²) in [6, 6.07) is -3.83. The van der Waals surface area contributed by atoms with Crippen molar-refractivity contribution in [2.75, 3.05) is 0 Å². The Morgan fingerprint density at radius 2 is 1.39 bits per heavy atom. The predicted molar refractivity (Wildman–Crippen MR) is 51.7 cm³/mol. The number of hydrogen-bond acceptors (Lipinski definition) is 2. The van der Waals surface area contributed by atoms with Crippen LogP contribution in [0.25, 0.3) is 0 Å². The number of ether oxygens (including phenoxy) is 1. The van der Waals surface area contributed by atoms with Gasteiger partial charge >= 0.3 is 30.2 Å². The maximum atomic E-state index is 13.8. The second kappa shape index (κ2) is 6.06. The van der Waals surface area contributed by atoms with Crippen molar-refractivity contribution < 1.29 is 57.8 Å². The first-order chi connectivity index (χ1) is 9.87. The molecule has 138 valence electrons. The van der Waals surface area contributed by atoms with Crippen LogP contribution in [-0.4, -0.2) is 41.9 Å². The first-order valence-electron chi connectivity index (χ1n) is 5.61. The Morgan fingerprint density at radius 1 is 1.00 bits per heavy atom. The zero-order valence-electron chi connectivity index (χ0n) is 11.3. The van der Waals surface area contributed by atoms with Gasteiger partial charge in [-0.25, -0.2) is 8.78 Å². The largest absolute Gasteiger partial charge is 0.435 e.